The van der Waals surface area contributed by atoms with Gasteiger partial charge in [-0.15, -0.1) is 0 Å². The lowest BCUT2D eigenvalue weighted by Crippen LogP contribution is -2.00. The fourth-order valence-corrected chi connectivity index (χ4v) is 1.02. The summed E-state index contributed by atoms with van der Waals surface area (Å²) >= 11 is 5.57. The summed E-state index contributed by atoms with van der Waals surface area (Å²) in [6, 6.07) is 1.53. The van der Waals surface area contributed by atoms with Gasteiger partial charge in [0.2, 0.25) is 0 Å². The van der Waals surface area contributed by atoms with E-state index in [1.54, 1.807) is 5.48 Å². The third-order valence-corrected chi connectivity index (χ3v) is 1.58. The third-order valence-electron chi connectivity index (χ3n) is 1.37. The quantitative estimate of drug-likeness (QED) is 0.623. The summed E-state index contributed by atoms with van der Waals surface area (Å²) in [6.45, 7) is 1.27. The van der Waals surface area contributed by atoms with E-state index in [4.69, 9.17) is 11.6 Å². The van der Waals surface area contributed by atoms with Gasteiger partial charge in [-0.2, -0.15) is 5.10 Å². The lowest BCUT2D eigenvalue weighted by atomic mass is 10.4. The van der Waals surface area contributed by atoms with Crippen LogP contribution in [-0.2, 0) is 0 Å². The molecule has 0 unspecified atom stereocenters. The van der Waals surface area contributed by atoms with Crippen LogP contribution in [0.1, 0.15) is 6.92 Å². The minimum absolute atomic E-state index is 0.270. The highest BCUT2D eigenvalue weighted by atomic mass is 35.5. The summed E-state index contributed by atoms with van der Waals surface area (Å²) in [4.78, 5) is 0. The number of rotatable bonds is 3. The second kappa shape index (κ2) is 4.78. The minimum atomic E-state index is -0.432. The van der Waals surface area contributed by atoms with Gasteiger partial charge in [-0.1, -0.05) is 11.6 Å². The average Bonchev–Trinajstić information content (AvgIpc) is 2.50. The molecule has 0 aromatic carbocycles. The Labute approximate surface area is 85.3 Å². The maximum absolute atomic E-state index is 12.6. The maximum Gasteiger partial charge on any atom is 0.151 e. The van der Waals surface area contributed by atoms with Crippen molar-refractivity contribution in [1.29, 1.82) is 0 Å². The third kappa shape index (κ3) is 2.86. The molecule has 0 amide bonds. The van der Waals surface area contributed by atoms with Crippen LogP contribution in [0.4, 0.5) is 4.39 Å². The first-order valence-corrected chi connectivity index (χ1v) is 4.14. The molecule has 0 atom stereocenters. The standard InChI is InChI=1S/C8H8ClFN3O/c1-6(10)4-7(5-11-14)13-3-2-8(9)12-13/h2-5,11H,1H3/q-1/b6-4+,7-5+. The van der Waals surface area contributed by atoms with E-state index >= 15 is 0 Å². The molecule has 14 heavy (non-hydrogen) atoms. The highest BCUT2D eigenvalue weighted by Gasteiger charge is 1.99. The summed E-state index contributed by atoms with van der Waals surface area (Å²) in [5.41, 5.74) is 1.82. The molecule has 0 spiro atoms. The highest BCUT2D eigenvalue weighted by Crippen LogP contribution is 2.11. The Kier molecular flexibility index (Phi) is 3.67. The van der Waals surface area contributed by atoms with Crippen LogP contribution in [0.3, 0.4) is 0 Å². The van der Waals surface area contributed by atoms with Gasteiger partial charge in [-0.05, 0) is 19.1 Å². The molecule has 0 aliphatic rings. The first kappa shape index (κ1) is 10.7. The lowest BCUT2D eigenvalue weighted by molar-refractivity contribution is 0.639. The van der Waals surface area contributed by atoms with E-state index < -0.39 is 5.83 Å². The fourth-order valence-electron chi connectivity index (χ4n) is 0.884. The van der Waals surface area contributed by atoms with Gasteiger partial charge in [0.05, 0.1) is 11.5 Å². The Balaban J connectivity index is 3.01. The summed E-state index contributed by atoms with van der Waals surface area (Å²) in [5, 5.41) is 14.2. The van der Waals surface area contributed by atoms with E-state index in [1.807, 2.05) is 0 Å². The van der Waals surface area contributed by atoms with Gasteiger partial charge in [0, 0.05) is 12.4 Å². The Morgan fingerprint density at radius 3 is 2.93 bits per heavy atom. The van der Waals surface area contributed by atoms with Gasteiger partial charge in [-0.3, -0.25) is 0 Å². The molecule has 0 fully saturated rings. The molecule has 0 aliphatic carbocycles. The molecule has 4 nitrogen and oxygen atoms in total. The van der Waals surface area contributed by atoms with Crippen molar-refractivity contribution in [1.82, 2.24) is 15.3 Å². The van der Waals surface area contributed by atoms with E-state index in [0.29, 0.717) is 0 Å². The highest BCUT2D eigenvalue weighted by molar-refractivity contribution is 6.29. The first-order valence-electron chi connectivity index (χ1n) is 3.76. The van der Waals surface area contributed by atoms with Crippen molar-refractivity contribution in [2.75, 3.05) is 0 Å². The number of aromatic nitrogens is 2. The van der Waals surface area contributed by atoms with E-state index in [0.717, 1.165) is 12.3 Å². The molecule has 1 N–H and O–H groups in total. The Hall–Kier alpha value is -1.33. The number of nitrogens with zero attached hydrogens (tertiary/aromatic N) is 2. The summed E-state index contributed by atoms with van der Waals surface area (Å²) in [7, 11) is 0. The first-order chi connectivity index (χ1) is 6.63. The molecule has 0 radical (unpaired) electrons. The van der Waals surface area contributed by atoms with Crippen LogP contribution in [0, 0.1) is 5.21 Å². The second-order valence-corrected chi connectivity index (χ2v) is 2.89. The smallest absolute Gasteiger partial charge is 0.151 e. The van der Waals surface area contributed by atoms with E-state index in [1.165, 1.54) is 23.9 Å². The van der Waals surface area contributed by atoms with Crippen LogP contribution in [0.2, 0.25) is 5.15 Å². The van der Waals surface area contributed by atoms with Gasteiger partial charge in [0.1, 0.15) is 0 Å². The molecule has 1 rings (SSSR count). The van der Waals surface area contributed by atoms with Gasteiger partial charge in [-0.25, -0.2) is 9.07 Å². The molecule has 1 aromatic heterocycles. The molecule has 6 heteroatoms. The van der Waals surface area contributed by atoms with Crippen molar-refractivity contribution in [3.8, 4) is 0 Å². The normalized spacial score (nSPS) is 13.1. The summed E-state index contributed by atoms with van der Waals surface area (Å²) in [5.74, 6) is -0.432. The number of allylic oxidation sites excluding steroid dienone is 3. The van der Waals surface area contributed by atoms with Crippen molar-refractivity contribution in [3.63, 3.8) is 0 Å². The van der Waals surface area contributed by atoms with Gasteiger partial charge in [0.25, 0.3) is 0 Å². The van der Waals surface area contributed by atoms with E-state index in [9.17, 15) is 9.60 Å². The number of halogens is 2. The van der Waals surface area contributed by atoms with Crippen LogP contribution in [0.15, 0.2) is 30.4 Å². The molecule has 1 aromatic rings. The number of hydroxylamine groups is 1. The van der Waals surface area contributed by atoms with E-state index in [2.05, 4.69) is 5.10 Å². The average molecular weight is 217 g/mol. The SMILES string of the molecule is C/C(F)=C\C(=C/N[O-])n1ccc(Cl)n1. The topological polar surface area (TPSA) is 52.9 Å². The van der Waals surface area contributed by atoms with Crippen LogP contribution in [0.25, 0.3) is 5.70 Å². The van der Waals surface area contributed by atoms with E-state index in [-0.39, 0.29) is 10.9 Å². The maximum atomic E-state index is 12.6. The Morgan fingerprint density at radius 2 is 2.50 bits per heavy atom. The zero-order chi connectivity index (χ0) is 10.6. The molecular weight excluding hydrogens is 209 g/mol. The molecule has 0 saturated heterocycles. The van der Waals surface area contributed by atoms with Crippen LogP contribution in [-0.4, -0.2) is 9.78 Å². The largest absolute Gasteiger partial charge is 0.761 e. The van der Waals surface area contributed by atoms with Crippen molar-refractivity contribution >= 4 is 17.3 Å². The van der Waals surface area contributed by atoms with Gasteiger partial charge >= 0.3 is 0 Å². The predicted octanol–water partition coefficient (Wildman–Crippen LogP) is 2.30. The van der Waals surface area contributed by atoms with Crippen molar-refractivity contribution in [2.45, 2.75) is 6.92 Å². The molecule has 0 aliphatic heterocycles. The Bertz CT molecular complexity index is 368. The van der Waals surface area contributed by atoms with Gasteiger partial charge < -0.3 is 10.7 Å². The lowest BCUT2D eigenvalue weighted by Gasteiger charge is -2.06. The monoisotopic (exact) mass is 216 g/mol. The molecule has 76 valence electrons. The molecule has 1 heterocycles. The van der Waals surface area contributed by atoms with Crippen molar-refractivity contribution < 1.29 is 4.39 Å². The molecule has 0 saturated carbocycles. The minimum Gasteiger partial charge on any atom is -0.761 e. The summed E-state index contributed by atoms with van der Waals surface area (Å²) in [6.07, 6.45) is 3.76. The summed E-state index contributed by atoms with van der Waals surface area (Å²) < 4.78 is 13.9. The van der Waals surface area contributed by atoms with Crippen molar-refractivity contribution in [3.05, 3.63) is 40.7 Å². The van der Waals surface area contributed by atoms with Crippen molar-refractivity contribution in [2.24, 2.45) is 0 Å². The second-order valence-electron chi connectivity index (χ2n) is 2.50. The zero-order valence-electron chi connectivity index (χ0n) is 7.37. The van der Waals surface area contributed by atoms with Crippen LogP contribution >= 0.6 is 11.6 Å². The predicted molar refractivity (Wildman–Crippen MR) is 52.9 cm³/mol. The van der Waals surface area contributed by atoms with Crippen LogP contribution < -0.4 is 5.48 Å². The van der Waals surface area contributed by atoms with Crippen LogP contribution in [0.5, 0.6) is 0 Å². The molecular formula is C8H8ClFN3O-. The Morgan fingerprint density at radius 1 is 1.79 bits per heavy atom. The molecule has 0 bridgehead atoms. The number of hydrogen-bond acceptors (Lipinski definition) is 3. The number of nitrogens with one attached hydrogen (secondary N) is 1. The fraction of sp³-hybridized carbons (Fsp3) is 0.125. The van der Waals surface area contributed by atoms with Gasteiger partial charge in [0.15, 0.2) is 5.15 Å². The number of hydrogen-bond donors (Lipinski definition) is 1. The zero-order valence-corrected chi connectivity index (χ0v) is 8.12.